The Labute approximate surface area is 181 Å². The number of carbonyl (C=O) groups is 1. The van der Waals surface area contributed by atoms with Crippen LogP contribution >= 0.6 is 34.7 Å². The van der Waals surface area contributed by atoms with Crippen molar-refractivity contribution in [3.05, 3.63) is 52.5 Å². The molecule has 5 rings (SSSR count). The fourth-order valence-corrected chi connectivity index (χ4v) is 5.62. The van der Waals surface area contributed by atoms with Gasteiger partial charge in [-0.3, -0.25) is 4.79 Å². The first-order chi connectivity index (χ1) is 14.2. The molecule has 1 amide bonds. The van der Waals surface area contributed by atoms with E-state index in [-0.39, 0.29) is 5.91 Å². The number of thiazole rings is 1. The zero-order chi connectivity index (χ0) is 19.8. The normalized spacial score (nSPS) is 17.3. The molecule has 4 aromatic rings. The molecule has 0 saturated carbocycles. The van der Waals surface area contributed by atoms with Crippen molar-refractivity contribution in [2.75, 3.05) is 18.8 Å². The zero-order valence-electron chi connectivity index (χ0n) is 15.5. The predicted molar refractivity (Wildman–Crippen MR) is 118 cm³/mol. The monoisotopic (exact) mass is 443 g/mol. The summed E-state index contributed by atoms with van der Waals surface area (Å²) in [5.74, 6) is 0.732. The molecule has 1 fully saturated rings. The molecule has 1 aliphatic rings. The van der Waals surface area contributed by atoms with E-state index >= 15 is 0 Å². The highest BCUT2D eigenvalue weighted by Crippen LogP contribution is 2.33. The van der Waals surface area contributed by atoms with Gasteiger partial charge in [-0.25, -0.2) is 9.97 Å². The van der Waals surface area contributed by atoms with Gasteiger partial charge in [0.05, 0.1) is 21.0 Å². The van der Waals surface area contributed by atoms with Gasteiger partial charge in [0.15, 0.2) is 5.58 Å². The number of fused-ring (bicyclic) bond motifs is 2. The first-order valence-corrected chi connectivity index (χ1v) is 11.7. The van der Waals surface area contributed by atoms with Crippen molar-refractivity contribution in [3.63, 3.8) is 0 Å². The number of benzene rings is 2. The molecule has 3 heterocycles. The van der Waals surface area contributed by atoms with Crippen LogP contribution < -0.4 is 0 Å². The fraction of sp³-hybridized carbons (Fsp3) is 0.286. The highest BCUT2D eigenvalue weighted by molar-refractivity contribution is 7.99. The second kappa shape index (κ2) is 7.97. The molecule has 0 radical (unpaired) electrons. The van der Waals surface area contributed by atoms with Crippen molar-refractivity contribution in [2.24, 2.45) is 0 Å². The lowest BCUT2D eigenvalue weighted by Crippen LogP contribution is -2.40. The summed E-state index contributed by atoms with van der Waals surface area (Å²) in [5.41, 5.74) is 2.43. The number of para-hydroxylation sites is 1. The number of carbonyl (C=O) groups excluding carboxylic acids is 1. The van der Waals surface area contributed by atoms with Crippen molar-refractivity contribution in [1.29, 1.82) is 0 Å². The third-order valence-electron chi connectivity index (χ3n) is 5.08. The SMILES string of the molecule is O=C(CSc1nc2ccc(Cl)cc2o1)N1CCC[C@H](c2nc3ccccc3s2)C1. The molecular weight excluding hydrogens is 426 g/mol. The molecule has 0 unspecified atom stereocenters. The number of thioether (sulfide) groups is 1. The van der Waals surface area contributed by atoms with Gasteiger partial charge in [-0.05, 0) is 37.1 Å². The van der Waals surface area contributed by atoms with Gasteiger partial charge in [0, 0.05) is 30.1 Å². The second-order valence-electron chi connectivity index (χ2n) is 7.08. The number of oxazole rings is 1. The average molecular weight is 444 g/mol. The average Bonchev–Trinajstić information content (AvgIpc) is 3.35. The Kier molecular flexibility index (Phi) is 5.20. The van der Waals surface area contributed by atoms with E-state index in [0.29, 0.717) is 27.5 Å². The number of piperidine rings is 1. The summed E-state index contributed by atoms with van der Waals surface area (Å²) in [4.78, 5) is 23.9. The number of hydrogen-bond acceptors (Lipinski definition) is 6. The molecule has 0 N–H and O–H groups in total. The molecule has 0 aliphatic carbocycles. The van der Waals surface area contributed by atoms with E-state index in [2.05, 4.69) is 11.1 Å². The van der Waals surface area contributed by atoms with E-state index in [1.54, 1.807) is 23.5 Å². The Balaban J connectivity index is 1.24. The molecule has 148 valence electrons. The Morgan fingerprint density at radius 2 is 2.14 bits per heavy atom. The van der Waals surface area contributed by atoms with Crippen molar-refractivity contribution in [1.82, 2.24) is 14.9 Å². The Morgan fingerprint density at radius 1 is 1.24 bits per heavy atom. The van der Waals surface area contributed by atoms with Crippen LogP contribution in [-0.4, -0.2) is 39.6 Å². The van der Waals surface area contributed by atoms with Crippen molar-refractivity contribution < 1.29 is 9.21 Å². The Bertz CT molecular complexity index is 1160. The molecule has 8 heteroatoms. The van der Waals surface area contributed by atoms with Gasteiger partial charge in [0.25, 0.3) is 5.22 Å². The van der Waals surface area contributed by atoms with Crippen LogP contribution in [-0.2, 0) is 4.79 Å². The maximum atomic E-state index is 12.8. The molecule has 29 heavy (non-hydrogen) atoms. The van der Waals surface area contributed by atoms with Crippen molar-refractivity contribution >= 4 is 61.9 Å². The Morgan fingerprint density at radius 3 is 3.03 bits per heavy atom. The smallest absolute Gasteiger partial charge is 0.257 e. The highest BCUT2D eigenvalue weighted by Gasteiger charge is 2.27. The maximum Gasteiger partial charge on any atom is 0.257 e. The minimum absolute atomic E-state index is 0.112. The molecule has 1 aliphatic heterocycles. The van der Waals surface area contributed by atoms with E-state index < -0.39 is 0 Å². The molecule has 0 bridgehead atoms. The van der Waals surface area contributed by atoms with Crippen LogP contribution in [0.3, 0.4) is 0 Å². The van der Waals surface area contributed by atoms with Crippen LogP contribution in [0.1, 0.15) is 23.8 Å². The summed E-state index contributed by atoms with van der Waals surface area (Å²) >= 11 is 9.06. The third-order valence-corrected chi connectivity index (χ3v) is 7.33. The maximum absolute atomic E-state index is 12.8. The van der Waals surface area contributed by atoms with Crippen LogP contribution in [0.5, 0.6) is 0 Å². The van der Waals surface area contributed by atoms with E-state index in [4.69, 9.17) is 21.0 Å². The first-order valence-electron chi connectivity index (χ1n) is 9.48. The van der Waals surface area contributed by atoms with Crippen LogP contribution in [0.15, 0.2) is 52.1 Å². The number of aromatic nitrogens is 2. The van der Waals surface area contributed by atoms with Crippen molar-refractivity contribution in [3.8, 4) is 0 Å². The van der Waals surface area contributed by atoms with Gasteiger partial charge in [0.1, 0.15) is 5.52 Å². The minimum Gasteiger partial charge on any atom is -0.431 e. The van der Waals surface area contributed by atoms with E-state index in [1.165, 1.54) is 16.5 Å². The molecule has 1 atom stereocenters. The highest BCUT2D eigenvalue weighted by atomic mass is 35.5. The van der Waals surface area contributed by atoms with E-state index in [0.717, 1.165) is 42.0 Å². The minimum atomic E-state index is 0.112. The van der Waals surface area contributed by atoms with Gasteiger partial charge in [-0.2, -0.15) is 0 Å². The molecular formula is C21H18ClN3O2S2. The quantitative estimate of drug-likeness (QED) is 0.385. The number of halogens is 1. The van der Waals surface area contributed by atoms with Gasteiger partial charge in [-0.15, -0.1) is 11.3 Å². The molecule has 2 aromatic heterocycles. The van der Waals surface area contributed by atoms with Gasteiger partial charge in [-0.1, -0.05) is 35.5 Å². The molecule has 1 saturated heterocycles. The van der Waals surface area contributed by atoms with Crippen LogP contribution in [0, 0.1) is 0 Å². The zero-order valence-corrected chi connectivity index (χ0v) is 17.9. The predicted octanol–water partition coefficient (Wildman–Crippen LogP) is 5.59. The van der Waals surface area contributed by atoms with Crippen LogP contribution in [0.4, 0.5) is 0 Å². The second-order valence-corrected chi connectivity index (χ2v) is 9.50. The lowest BCUT2D eigenvalue weighted by Gasteiger charge is -2.31. The van der Waals surface area contributed by atoms with Crippen LogP contribution in [0.2, 0.25) is 5.02 Å². The number of amides is 1. The molecule has 0 spiro atoms. The summed E-state index contributed by atoms with van der Waals surface area (Å²) in [6.45, 7) is 1.52. The van der Waals surface area contributed by atoms with Gasteiger partial charge >= 0.3 is 0 Å². The standard InChI is InChI=1S/C21H18ClN3O2S2/c22-14-7-8-15-17(10-14)27-21(24-15)28-12-19(26)25-9-3-4-13(11-25)20-23-16-5-1-2-6-18(16)29-20/h1-2,5-8,10,13H,3-4,9,11-12H2/t13-/m0/s1. The lowest BCUT2D eigenvalue weighted by molar-refractivity contribution is -0.129. The lowest BCUT2D eigenvalue weighted by atomic mass is 9.99. The summed E-state index contributed by atoms with van der Waals surface area (Å²) in [5, 5.41) is 2.23. The summed E-state index contributed by atoms with van der Waals surface area (Å²) in [7, 11) is 0. The van der Waals surface area contributed by atoms with Crippen LogP contribution in [0.25, 0.3) is 21.3 Å². The summed E-state index contributed by atoms with van der Waals surface area (Å²) in [6, 6.07) is 13.5. The first kappa shape index (κ1) is 18.9. The summed E-state index contributed by atoms with van der Waals surface area (Å²) in [6.07, 6.45) is 2.07. The number of nitrogens with zero attached hydrogens (tertiary/aromatic N) is 3. The molecule has 2 aromatic carbocycles. The number of likely N-dealkylation sites (tertiary alicyclic amines) is 1. The van der Waals surface area contributed by atoms with E-state index in [1.807, 2.05) is 29.2 Å². The third kappa shape index (κ3) is 3.99. The van der Waals surface area contributed by atoms with Gasteiger partial charge in [0.2, 0.25) is 5.91 Å². The van der Waals surface area contributed by atoms with Gasteiger partial charge < -0.3 is 9.32 Å². The largest absolute Gasteiger partial charge is 0.431 e. The topological polar surface area (TPSA) is 59.2 Å². The fourth-order valence-electron chi connectivity index (χ4n) is 3.62. The Hall–Kier alpha value is -2.09. The van der Waals surface area contributed by atoms with E-state index in [9.17, 15) is 4.79 Å². The van der Waals surface area contributed by atoms with Crippen molar-refractivity contribution in [2.45, 2.75) is 24.0 Å². The number of hydrogen-bond donors (Lipinski definition) is 0. The molecule has 5 nitrogen and oxygen atoms in total. The number of rotatable bonds is 4. The summed E-state index contributed by atoms with van der Waals surface area (Å²) < 4.78 is 6.91.